The predicted octanol–water partition coefficient (Wildman–Crippen LogP) is 4.88. The van der Waals surface area contributed by atoms with Crippen LogP contribution >= 0.6 is 23.2 Å². The summed E-state index contributed by atoms with van der Waals surface area (Å²) in [6.45, 7) is 1.20. The van der Waals surface area contributed by atoms with Gasteiger partial charge in [-0.3, -0.25) is 0 Å². The van der Waals surface area contributed by atoms with Crippen molar-refractivity contribution in [3.8, 4) is 0 Å². The first kappa shape index (κ1) is 14.4. The van der Waals surface area contributed by atoms with Crippen molar-refractivity contribution in [3.63, 3.8) is 0 Å². The largest absolute Gasteiger partial charge is 0.376 e. The number of ether oxygens (including phenoxy) is 1. The summed E-state index contributed by atoms with van der Waals surface area (Å²) in [6, 6.07) is 17.9. The first-order valence-electron chi connectivity index (χ1n) is 6.22. The molecule has 0 N–H and O–H groups in total. The van der Waals surface area contributed by atoms with Gasteiger partial charge in [-0.1, -0.05) is 54.1 Å². The fourth-order valence-corrected chi connectivity index (χ4v) is 2.35. The van der Waals surface area contributed by atoms with Gasteiger partial charge < -0.3 is 4.74 Å². The highest BCUT2D eigenvalue weighted by Crippen LogP contribution is 2.21. The molecule has 3 heteroatoms. The summed E-state index contributed by atoms with van der Waals surface area (Å²) in [5.74, 6) is 0.693. The average Bonchev–Trinajstić information content (AvgIpc) is 2.45. The van der Waals surface area contributed by atoms with E-state index in [4.69, 9.17) is 27.9 Å². The van der Waals surface area contributed by atoms with Gasteiger partial charge in [0.15, 0.2) is 0 Å². The Morgan fingerprint density at radius 3 is 2.47 bits per heavy atom. The van der Waals surface area contributed by atoms with E-state index in [2.05, 4.69) is 12.1 Å². The highest BCUT2D eigenvalue weighted by Gasteiger charge is 2.11. The number of halogens is 2. The van der Waals surface area contributed by atoms with E-state index in [0.717, 1.165) is 10.6 Å². The lowest BCUT2D eigenvalue weighted by Crippen LogP contribution is -2.09. The topological polar surface area (TPSA) is 9.23 Å². The van der Waals surface area contributed by atoms with Crippen LogP contribution in [0, 0.1) is 0 Å². The molecule has 0 radical (unpaired) electrons. The van der Waals surface area contributed by atoms with Gasteiger partial charge in [0.1, 0.15) is 0 Å². The molecule has 0 saturated carbocycles. The summed E-state index contributed by atoms with van der Waals surface area (Å²) in [6.07, 6.45) is 0. The molecule has 0 aliphatic rings. The van der Waals surface area contributed by atoms with Gasteiger partial charge in [-0.2, -0.15) is 0 Å². The van der Waals surface area contributed by atoms with Crippen LogP contribution in [0.15, 0.2) is 54.6 Å². The summed E-state index contributed by atoms with van der Waals surface area (Å²) in [4.78, 5) is 0. The molecule has 0 aromatic heterocycles. The van der Waals surface area contributed by atoms with Gasteiger partial charge in [-0.15, -0.1) is 11.6 Å². The molecule has 0 amide bonds. The number of alkyl halides is 1. The van der Waals surface area contributed by atoms with Crippen molar-refractivity contribution in [1.29, 1.82) is 0 Å². The second kappa shape index (κ2) is 7.54. The lowest BCUT2D eigenvalue weighted by atomic mass is 10.0. The summed E-state index contributed by atoms with van der Waals surface area (Å²) < 4.78 is 5.74. The minimum Gasteiger partial charge on any atom is -0.376 e. The van der Waals surface area contributed by atoms with Crippen LogP contribution < -0.4 is 0 Å². The SMILES string of the molecule is ClCC(COCc1ccccc1)c1cccc(Cl)c1. The normalized spacial score (nSPS) is 12.3. The molecule has 100 valence electrons. The number of hydrogen-bond donors (Lipinski definition) is 0. The highest BCUT2D eigenvalue weighted by molar-refractivity contribution is 6.30. The van der Waals surface area contributed by atoms with E-state index in [-0.39, 0.29) is 5.92 Å². The lowest BCUT2D eigenvalue weighted by Gasteiger charge is -2.15. The van der Waals surface area contributed by atoms with Crippen LogP contribution in [0.4, 0.5) is 0 Å². The van der Waals surface area contributed by atoms with Gasteiger partial charge in [0, 0.05) is 16.8 Å². The van der Waals surface area contributed by atoms with Crippen LogP contribution in [0.2, 0.25) is 5.02 Å². The maximum absolute atomic E-state index is 6.01. The van der Waals surface area contributed by atoms with E-state index in [1.807, 2.05) is 42.5 Å². The van der Waals surface area contributed by atoms with Crippen molar-refractivity contribution in [2.45, 2.75) is 12.5 Å². The number of benzene rings is 2. The molecule has 0 saturated heterocycles. The molecule has 19 heavy (non-hydrogen) atoms. The Morgan fingerprint density at radius 2 is 1.79 bits per heavy atom. The van der Waals surface area contributed by atoms with E-state index >= 15 is 0 Å². The predicted molar refractivity (Wildman–Crippen MR) is 81.0 cm³/mol. The van der Waals surface area contributed by atoms with Crippen LogP contribution in [-0.4, -0.2) is 12.5 Å². The molecule has 0 aliphatic carbocycles. The van der Waals surface area contributed by atoms with Crippen molar-refractivity contribution < 1.29 is 4.74 Å². The monoisotopic (exact) mass is 294 g/mol. The molecule has 1 unspecified atom stereocenters. The maximum Gasteiger partial charge on any atom is 0.0717 e. The Bertz CT molecular complexity index is 499. The first-order valence-corrected chi connectivity index (χ1v) is 7.14. The van der Waals surface area contributed by atoms with Crippen LogP contribution in [-0.2, 0) is 11.3 Å². The van der Waals surface area contributed by atoms with Gasteiger partial charge in [0.2, 0.25) is 0 Å². The quantitative estimate of drug-likeness (QED) is 0.690. The van der Waals surface area contributed by atoms with Crippen LogP contribution in [0.3, 0.4) is 0 Å². The molecule has 2 aromatic rings. The molecule has 0 fully saturated rings. The molecule has 1 nitrogen and oxygen atoms in total. The highest BCUT2D eigenvalue weighted by atomic mass is 35.5. The van der Waals surface area contributed by atoms with Gasteiger partial charge in [0.05, 0.1) is 13.2 Å². The van der Waals surface area contributed by atoms with E-state index in [1.54, 1.807) is 0 Å². The third kappa shape index (κ3) is 4.54. The van der Waals surface area contributed by atoms with Crippen molar-refractivity contribution in [3.05, 3.63) is 70.7 Å². The summed E-state index contributed by atoms with van der Waals surface area (Å²) in [5, 5.41) is 0.732. The second-order valence-corrected chi connectivity index (χ2v) is 5.15. The Hall–Kier alpha value is -1.02. The van der Waals surface area contributed by atoms with Gasteiger partial charge in [-0.05, 0) is 23.3 Å². The van der Waals surface area contributed by atoms with E-state index in [0.29, 0.717) is 19.1 Å². The van der Waals surface area contributed by atoms with Crippen LogP contribution in [0.1, 0.15) is 17.0 Å². The lowest BCUT2D eigenvalue weighted by molar-refractivity contribution is 0.111. The van der Waals surface area contributed by atoms with Crippen LogP contribution in [0.25, 0.3) is 0 Å². The zero-order chi connectivity index (χ0) is 13.5. The fourth-order valence-electron chi connectivity index (χ4n) is 1.88. The molecule has 1 atom stereocenters. The Labute approximate surface area is 124 Å². The van der Waals surface area contributed by atoms with Gasteiger partial charge >= 0.3 is 0 Å². The van der Waals surface area contributed by atoms with E-state index < -0.39 is 0 Å². The minimum absolute atomic E-state index is 0.170. The average molecular weight is 295 g/mol. The Morgan fingerprint density at radius 1 is 1.00 bits per heavy atom. The number of rotatable bonds is 6. The van der Waals surface area contributed by atoms with E-state index in [1.165, 1.54) is 5.56 Å². The molecule has 0 heterocycles. The molecule has 2 rings (SSSR count). The Kier molecular flexibility index (Phi) is 5.71. The Balaban J connectivity index is 1.89. The second-order valence-electron chi connectivity index (χ2n) is 4.41. The number of hydrogen-bond acceptors (Lipinski definition) is 1. The molecular weight excluding hydrogens is 279 g/mol. The summed E-state index contributed by atoms with van der Waals surface area (Å²) >= 11 is 12.0. The minimum atomic E-state index is 0.170. The third-order valence-electron chi connectivity index (χ3n) is 2.94. The van der Waals surface area contributed by atoms with Crippen LogP contribution in [0.5, 0.6) is 0 Å². The molecule has 0 bridgehead atoms. The smallest absolute Gasteiger partial charge is 0.0717 e. The van der Waals surface area contributed by atoms with Gasteiger partial charge in [-0.25, -0.2) is 0 Å². The van der Waals surface area contributed by atoms with Gasteiger partial charge in [0.25, 0.3) is 0 Å². The molecule has 2 aromatic carbocycles. The van der Waals surface area contributed by atoms with Crippen molar-refractivity contribution >= 4 is 23.2 Å². The third-order valence-corrected chi connectivity index (χ3v) is 3.54. The van der Waals surface area contributed by atoms with Crippen molar-refractivity contribution in [2.75, 3.05) is 12.5 Å². The standard InChI is InChI=1S/C16H16Cl2O/c17-10-15(14-7-4-8-16(18)9-14)12-19-11-13-5-2-1-3-6-13/h1-9,15H,10-12H2. The fraction of sp³-hybridized carbons (Fsp3) is 0.250. The summed E-state index contributed by atoms with van der Waals surface area (Å²) in [5.41, 5.74) is 2.29. The maximum atomic E-state index is 6.01. The zero-order valence-electron chi connectivity index (χ0n) is 10.6. The molecule has 0 aliphatic heterocycles. The van der Waals surface area contributed by atoms with Crippen molar-refractivity contribution in [1.82, 2.24) is 0 Å². The first-order chi connectivity index (χ1) is 9.29. The van der Waals surface area contributed by atoms with E-state index in [9.17, 15) is 0 Å². The van der Waals surface area contributed by atoms with Crippen molar-refractivity contribution in [2.24, 2.45) is 0 Å². The molecule has 0 spiro atoms. The molecular formula is C16H16Cl2O. The summed E-state index contributed by atoms with van der Waals surface area (Å²) in [7, 11) is 0. The zero-order valence-corrected chi connectivity index (χ0v) is 12.1.